The van der Waals surface area contributed by atoms with Gasteiger partial charge in [0, 0.05) is 22.3 Å². The van der Waals surface area contributed by atoms with E-state index in [-0.39, 0.29) is 11.7 Å². The normalized spacial score (nSPS) is 10.7. The van der Waals surface area contributed by atoms with Gasteiger partial charge in [-0.3, -0.25) is 4.79 Å². The summed E-state index contributed by atoms with van der Waals surface area (Å²) in [6, 6.07) is 11.3. The van der Waals surface area contributed by atoms with Crippen LogP contribution in [0, 0.1) is 13.8 Å². The van der Waals surface area contributed by atoms with Gasteiger partial charge >= 0.3 is 0 Å². The molecule has 0 aliphatic carbocycles. The van der Waals surface area contributed by atoms with Gasteiger partial charge in [0.2, 0.25) is 11.0 Å². The molecule has 146 valence electrons. The highest BCUT2D eigenvalue weighted by atomic mass is 35.5. The molecule has 2 N–H and O–H groups in total. The molecule has 0 unspecified atom stereocenters. The minimum Gasteiger partial charge on any atom is -0.351 e. The first-order chi connectivity index (χ1) is 13.4. The van der Waals surface area contributed by atoms with Crippen LogP contribution in [0.1, 0.15) is 16.7 Å². The van der Waals surface area contributed by atoms with Crippen LogP contribution in [0.4, 0.5) is 10.8 Å². The number of carbonyl (C=O) groups is 1. The van der Waals surface area contributed by atoms with Crippen LogP contribution in [0.2, 0.25) is 10.0 Å². The fraction of sp³-hybridized carbons (Fsp3) is 0.211. The number of amides is 1. The van der Waals surface area contributed by atoms with E-state index in [9.17, 15) is 4.79 Å². The molecule has 0 bridgehead atoms. The van der Waals surface area contributed by atoms with Crippen molar-refractivity contribution in [3.8, 4) is 0 Å². The molecule has 9 heteroatoms. The van der Waals surface area contributed by atoms with E-state index in [1.165, 1.54) is 34.2 Å². The lowest BCUT2D eigenvalue weighted by Gasteiger charge is -2.06. The second-order valence-corrected chi connectivity index (χ2v) is 9.14. The molecule has 3 rings (SSSR count). The average Bonchev–Trinajstić information content (AvgIpc) is 3.10. The van der Waals surface area contributed by atoms with Crippen molar-refractivity contribution >= 4 is 63.0 Å². The fourth-order valence-corrected chi connectivity index (χ4v) is 4.38. The minimum absolute atomic E-state index is 0.102. The maximum atomic E-state index is 12.1. The topological polar surface area (TPSA) is 66.9 Å². The van der Waals surface area contributed by atoms with Gasteiger partial charge in [0.05, 0.1) is 5.75 Å². The number of nitrogens with zero attached hydrogens (tertiary/aromatic N) is 2. The lowest BCUT2D eigenvalue weighted by atomic mass is 10.1. The van der Waals surface area contributed by atoms with E-state index in [2.05, 4.69) is 46.8 Å². The van der Waals surface area contributed by atoms with E-state index >= 15 is 0 Å². The number of anilines is 2. The number of nitrogens with one attached hydrogen (secondary N) is 2. The molecule has 0 saturated carbocycles. The average molecular weight is 453 g/mol. The second-order valence-electron chi connectivity index (χ2n) is 6.10. The zero-order chi connectivity index (χ0) is 20.1. The number of carbonyl (C=O) groups excluding carboxylic acids is 1. The molecule has 2 aromatic carbocycles. The summed E-state index contributed by atoms with van der Waals surface area (Å²) >= 11 is 14.7. The van der Waals surface area contributed by atoms with Crippen molar-refractivity contribution in [3.05, 3.63) is 63.1 Å². The highest BCUT2D eigenvalue weighted by Crippen LogP contribution is 2.28. The van der Waals surface area contributed by atoms with E-state index in [0.29, 0.717) is 21.7 Å². The Kier molecular flexibility index (Phi) is 7.18. The number of thioether (sulfide) groups is 1. The molecule has 0 aliphatic rings. The fourth-order valence-electron chi connectivity index (χ4n) is 2.30. The Balaban J connectivity index is 1.48. The largest absolute Gasteiger partial charge is 0.351 e. The molecular formula is C19H18Cl2N4OS2. The number of aryl methyl sites for hydroxylation is 2. The van der Waals surface area contributed by atoms with E-state index in [1.807, 2.05) is 6.07 Å². The van der Waals surface area contributed by atoms with Crippen LogP contribution in [0.3, 0.4) is 0 Å². The Morgan fingerprint density at radius 3 is 2.68 bits per heavy atom. The molecule has 5 nitrogen and oxygen atoms in total. The number of hydrogen-bond acceptors (Lipinski definition) is 6. The molecule has 0 spiro atoms. The lowest BCUT2D eigenvalue weighted by Crippen LogP contribution is -2.24. The molecule has 28 heavy (non-hydrogen) atoms. The van der Waals surface area contributed by atoms with Crippen LogP contribution in [0.5, 0.6) is 0 Å². The molecule has 0 atom stereocenters. The summed E-state index contributed by atoms with van der Waals surface area (Å²) in [6.45, 7) is 4.49. The van der Waals surface area contributed by atoms with Gasteiger partial charge in [-0.05, 0) is 54.8 Å². The number of rotatable bonds is 7. The van der Waals surface area contributed by atoms with E-state index in [1.54, 1.807) is 18.2 Å². The smallest absolute Gasteiger partial charge is 0.230 e. The number of benzene rings is 2. The zero-order valence-electron chi connectivity index (χ0n) is 15.3. The van der Waals surface area contributed by atoms with E-state index in [0.717, 1.165) is 15.6 Å². The van der Waals surface area contributed by atoms with Crippen molar-refractivity contribution < 1.29 is 4.79 Å². The summed E-state index contributed by atoms with van der Waals surface area (Å²) < 4.78 is 0.728. The van der Waals surface area contributed by atoms with Gasteiger partial charge in [-0.2, -0.15) is 0 Å². The minimum atomic E-state index is -0.102. The van der Waals surface area contributed by atoms with Gasteiger partial charge in [-0.25, -0.2) is 0 Å². The molecular weight excluding hydrogens is 435 g/mol. The van der Waals surface area contributed by atoms with Crippen LogP contribution < -0.4 is 10.6 Å². The van der Waals surface area contributed by atoms with E-state index < -0.39 is 0 Å². The summed E-state index contributed by atoms with van der Waals surface area (Å²) in [5.74, 6) is 0.151. The molecule has 1 aromatic heterocycles. The van der Waals surface area contributed by atoms with Crippen molar-refractivity contribution in [2.45, 2.75) is 24.7 Å². The van der Waals surface area contributed by atoms with Gasteiger partial charge in [0.1, 0.15) is 0 Å². The Bertz CT molecular complexity index is 994. The predicted molar refractivity (Wildman–Crippen MR) is 118 cm³/mol. The first kappa shape index (κ1) is 20.9. The standard InChI is InChI=1S/C19H18Cl2N4OS2/c1-11-3-6-15(7-12(11)2)23-18-24-25-19(28-18)27-10-17(26)22-9-13-4-5-14(20)8-16(13)21/h3-8H,9-10H2,1-2H3,(H,22,26)(H,23,24). The van der Waals surface area contributed by atoms with Crippen LogP contribution >= 0.6 is 46.3 Å². The molecule has 1 amide bonds. The highest BCUT2D eigenvalue weighted by molar-refractivity contribution is 8.01. The third-order valence-electron chi connectivity index (χ3n) is 3.98. The van der Waals surface area contributed by atoms with Crippen LogP contribution in [-0.4, -0.2) is 21.9 Å². The van der Waals surface area contributed by atoms with Crippen molar-refractivity contribution in [2.24, 2.45) is 0 Å². The first-order valence-corrected chi connectivity index (χ1v) is 11.0. The third kappa shape index (κ3) is 5.85. The quantitative estimate of drug-likeness (QED) is 0.455. The summed E-state index contributed by atoms with van der Waals surface area (Å²) in [5.41, 5.74) is 4.24. The van der Waals surface area contributed by atoms with Crippen molar-refractivity contribution in [1.29, 1.82) is 0 Å². The number of aromatic nitrogens is 2. The summed E-state index contributed by atoms with van der Waals surface area (Å²) in [4.78, 5) is 12.1. The number of halogens is 2. The maximum Gasteiger partial charge on any atom is 0.230 e. The van der Waals surface area contributed by atoms with Gasteiger partial charge in [0.15, 0.2) is 4.34 Å². The molecule has 0 saturated heterocycles. The molecule has 0 aliphatic heterocycles. The Labute approximate surface area is 181 Å². The summed E-state index contributed by atoms with van der Waals surface area (Å²) in [7, 11) is 0. The van der Waals surface area contributed by atoms with Gasteiger partial charge in [0.25, 0.3) is 0 Å². The van der Waals surface area contributed by atoms with E-state index in [4.69, 9.17) is 23.2 Å². The SMILES string of the molecule is Cc1ccc(Nc2nnc(SCC(=O)NCc3ccc(Cl)cc3Cl)s2)cc1C. The van der Waals surface area contributed by atoms with Crippen LogP contribution in [0.25, 0.3) is 0 Å². The number of hydrogen-bond donors (Lipinski definition) is 2. The van der Waals surface area contributed by atoms with Gasteiger partial charge in [-0.1, -0.05) is 58.4 Å². The Morgan fingerprint density at radius 2 is 1.93 bits per heavy atom. The first-order valence-electron chi connectivity index (χ1n) is 8.42. The highest BCUT2D eigenvalue weighted by Gasteiger charge is 2.10. The Morgan fingerprint density at radius 1 is 1.11 bits per heavy atom. The molecule has 3 aromatic rings. The van der Waals surface area contributed by atoms with Crippen LogP contribution in [0.15, 0.2) is 40.7 Å². The van der Waals surface area contributed by atoms with Gasteiger partial charge < -0.3 is 10.6 Å². The molecule has 1 heterocycles. The maximum absolute atomic E-state index is 12.1. The van der Waals surface area contributed by atoms with Crippen LogP contribution in [-0.2, 0) is 11.3 Å². The van der Waals surface area contributed by atoms with Crippen molar-refractivity contribution in [3.63, 3.8) is 0 Å². The second kappa shape index (κ2) is 9.60. The summed E-state index contributed by atoms with van der Waals surface area (Å²) in [5, 5.41) is 16.1. The van der Waals surface area contributed by atoms with Crippen molar-refractivity contribution in [1.82, 2.24) is 15.5 Å². The third-order valence-corrected chi connectivity index (χ3v) is 6.54. The lowest BCUT2D eigenvalue weighted by molar-refractivity contribution is -0.118. The zero-order valence-corrected chi connectivity index (χ0v) is 18.4. The monoisotopic (exact) mass is 452 g/mol. The van der Waals surface area contributed by atoms with Gasteiger partial charge in [-0.15, -0.1) is 10.2 Å². The molecule has 0 radical (unpaired) electrons. The predicted octanol–water partition coefficient (Wildman–Crippen LogP) is 5.61. The van der Waals surface area contributed by atoms with Crippen molar-refractivity contribution in [2.75, 3.05) is 11.1 Å². The molecule has 0 fully saturated rings. The summed E-state index contributed by atoms with van der Waals surface area (Å²) in [6.07, 6.45) is 0. The Hall–Kier alpha value is -1.80.